The lowest BCUT2D eigenvalue weighted by Crippen LogP contribution is -2.47. The molecule has 0 saturated carbocycles. The van der Waals surface area contributed by atoms with Crippen LogP contribution in [0.4, 0.5) is 4.79 Å². The van der Waals surface area contributed by atoms with Crippen LogP contribution < -0.4 is 29.6 Å². The molecule has 0 spiro atoms. The minimum absolute atomic E-state index is 0.0913. The summed E-state index contributed by atoms with van der Waals surface area (Å²) in [6.07, 6.45) is 0.698. The van der Waals surface area contributed by atoms with Gasteiger partial charge < -0.3 is 29.6 Å². The van der Waals surface area contributed by atoms with E-state index in [0.29, 0.717) is 25.3 Å². The van der Waals surface area contributed by atoms with Crippen LogP contribution in [0.3, 0.4) is 0 Å². The topological polar surface area (TPSA) is 78.1 Å². The summed E-state index contributed by atoms with van der Waals surface area (Å²) in [5, 5.41) is 5.81. The van der Waals surface area contributed by atoms with Crippen LogP contribution in [0, 0.1) is 0 Å². The largest absolute Gasteiger partial charge is 0.497 e. The van der Waals surface area contributed by atoms with Crippen LogP contribution in [0.15, 0.2) is 36.4 Å². The van der Waals surface area contributed by atoms with Gasteiger partial charge in [-0.1, -0.05) is 6.07 Å². The number of hydrogen-bond donors (Lipinski definition) is 2. The molecule has 2 aliphatic heterocycles. The quantitative estimate of drug-likeness (QED) is 0.878. The molecule has 2 N–H and O–H groups in total. The molecule has 0 bridgehead atoms. The molecule has 0 radical (unpaired) electrons. The van der Waals surface area contributed by atoms with Gasteiger partial charge in [-0.2, -0.15) is 0 Å². The van der Waals surface area contributed by atoms with E-state index in [-0.39, 0.29) is 18.9 Å². The highest BCUT2D eigenvalue weighted by molar-refractivity contribution is 5.74. The number of hydrogen-bond acceptors (Lipinski definition) is 5. The van der Waals surface area contributed by atoms with Crippen LogP contribution in [-0.2, 0) is 13.0 Å². The molecule has 7 nitrogen and oxygen atoms in total. The molecule has 0 fully saturated rings. The van der Waals surface area contributed by atoms with E-state index in [0.717, 1.165) is 28.4 Å². The zero-order chi connectivity index (χ0) is 17.9. The van der Waals surface area contributed by atoms with Crippen LogP contribution in [0.25, 0.3) is 0 Å². The van der Waals surface area contributed by atoms with Crippen molar-refractivity contribution >= 4 is 6.03 Å². The number of fused-ring (bicyclic) bond motifs is 2. The Morgan fingerprint density at radius 2 is 1.96 bits per heavy atom. The van der Waals surface area contributed by atoms with E-state index in [4.69, 9.17) is 18.9 Å². The number of rotatable bonds is 4. The lowest BCUT2D eigenvalue weighted by molar-refractivity contribution is 0.174. The van der Waals surface area contributed by atoms with E-state index in [1.165, 1.54) is 0 Å². The van der Waals surface area contributed by atoms with Crippen LogP contribution in [0.5, 0.6) is 23.0 Å². The number of methoxy groups -OCH3 is 1. The Labute approximate surface area is 151 Å². The van der Waals surface area contributed by atoms with Crippen LogP contribution in [0.1, 0.15) is 11.1 Å². The molecule has 136 valence electrons. The first-order chi connectivity index (χ1) is 12.7. The van der Waals surface area contributed by atoms with Gasteiger partial charge in [0.2, 0.25) is 6.79 Å². The van der Waals surface area contributed by atoms with E-state index in [9.17, 15) is 4.79 Å². The molecule has 0 unspecified atom stereocenters. The Hall–Kier alpha value is -3.09. The molecule has 0 aromatic heterocycles. The third kappa shape index (κ3) is 3.46. The molecule has 2 aromatic carbocycles. The Morgan fingerprint density at radius 3 is 2.85 bits per heavy atom. The smallest absolute Gasteiger partial charge is 0.315 e. The fraction of sp³-hybridized carbons (Fsp3) is 0.316. The second-order valence-electron chi connectivity index (χ2n) is 6.20. The number of carbonyl (C=O) groups excluding carboxylic acids is 1. The van der Waals surface area contributed by atoms with Gasteiger partial charge in [0, 0.05) is 6.54 Å². The first-order valence-electron chi connectivity index (χ1n) is 8.44. The van der Waals surface area contributed by atoms with Gasteiger partial charge in [0.15, 0.2) is 11.5 Å². The summed E-state index contributed by atoms with van der Waals surface area (Å²) >= 11 is 0. The van der Waals surface area contributed by atoms with Crippen molar-refractivity contribution in [3.63, 3.8) is 0 Å². The summed E-state index contributed by atoms with van der Waals surface area (Å²) in [6.45, 7) is 1.08. The van der Waals surface area contributed by atoms with Crippen molar-refractivity contribution < 1.29 is 23.7 Å². The van der Waals surface area contributed by atoms with E-state index in [1.807, 2.05) is 36.4 Å². The first-order valence-corrected chi connectivity index (χ1v) is 8.44. The standard InChI is InChI=1S/C19H20N2O5/c1-23-15-3-5-16-13(8-15)7-14(10-24-16)21-19(22)20-9-12-2-4-17-18(6-12)26-11-25-17/h2-6,8,14H,7,9-11H2,1H3,(H2,20,21,22)/t14-/m1/s1. The Balaban J connectivity index is 1.31. The third-order valence-corrected chi connectivity index (χ3v) is 4.40. The summed E-state index contributed by atoms with van der Waals surface area (Å²) in [7, 11) is 1.63. The lowest BCUT2D eigenvalue weighted by Gasteiger charge is -2.26. The Morgan fingerprint density at radius 1 is 1.12 bits per heavy atom. The average molecular weight is 356 g/mol. The first kappa shape index (κ1) is 16.4. The molecule has 0 saturated heterocycles. The maximum Gasteiger partial charge on any atom is 0.315 e. The zero-order valence-electron chi connectivity index (χ0n) is 14.4. The van der Waals surface area contributed by atoms with Crippen molar-refractivity contribution in [1.82, 2.24) is 10.6 Å². The minimum atomic E-state index is -0.234. The van der Waals surface area contributed by atoms with Gasteiger partial charge in [0.1, 0.15) is 18.1 Å². The predicted octanol–water partition coefficient (Wildman–Crippen LogP) is 2.23. The predicted molar refractivity (Wildman–Crippen MR) is 93.9 cm³/mol. The molecule has 2 amide bonds. The summed E-state index contributed by atoms with van der Waals surface area (Å²) < 4.78 is 21.6. The molecule has 2 aromatic rings. The SMILES string of the molecule is COc1ccc2c(c1)C[C@@H](NC(=O)NCc1ccc3c(c1)OCO3)CO2. The minimum Gasteiger partial charge on any atom is -0.497 e. The number of amides is 2. The van der Waals surface area contributed by atoms with Crippen molar-refractivity contribution in [3.05, 3.63) is 47.5 Å². The highest BCUT2D eigenvalue weighted by Crippen LogP contribution is 2.32. The van der Waals surface area contributed by atoms with E-state index in [1.54, 1.807) is 7.11 Å². The van der Waals surface area contributed by atoms with E-state index in [2.05, 4.69) is 10.6 Å². The molecule has 2 aliphatic rings. The molecular weight excluding hydrogens is 336 g/mol. The van der Waals surface area contributed by atoms with Gasteiger partial charge in [-0.05, 0) is 47.9 Å². The number of benzene rings is 2. The van der Waals surface area contributed by atoms with Gasteiger partial charge in [0.25, 0.3) is 0 Å². The second kappa shape index (κ2) is 7.03. The molecular formula is C19H20N2O5. The number of carbonyl (C=O) groups is 1. The Bertz CT molecular complexity index is 824. The molecule has 26 heavy (non-hydrogen) atoms. The lowest BCUT2D eigenvalue weighted by atomic mass is 10.0. The van der Waals surface area contributed by atoms with Crippen molar-refractivity contribution in [2.24, 2.45) is 0 Å². The highest BCUT2D eigenvalue weighted by Gasteiger charge is 2.22. The summed E-state index contributed by atoms with van der Waals surface area (Å²) in [5.74, 6) is 3.05. The maximum absolute atomic E-state index is 12.2. The zero-order valence-corrected chi connectivity index (χ0v) is 14.4. The number of ether oxygens (including phenoxy) is 4. The maximum atomic E-state index is 12.2. The molecule has 7 heteroatoms. The third-order valence-electron chi connectivity index (χ3n) is 4.40. The average Bonchev–Trinajstić information content (AvgIpc) is 3.13. The summed E-state index contributed by atoms with van der Waals surface area (Å²) in [5.41, 5.74) is 1.97. The molecule has 0 aliphatic carbocycles. The molecule has 2 heterocycles. The van der Waals surface area contributed by atoms with E-state index < -0.39 is 0 Å². The summed E-state index contributed by atoms with van der Waals surface area (Å²) in [4.78, 5) is 12.2. The van der Waals surface area contributed by atoms with Gasteiger partial charge in [0.05, 0.1) is 13.2 Å². The van der Waals surface area contributed by atoms with E-state index >= 15 is 0 Å². The molecule has 1 atom stereocenters. The number of nitrogens with one attached hydrogen (secondary N) is 2. The fourth-order valence-corrected chi connectivity index (χ4v) is 3.06. The van der Waals surface area contributed by atoms with Crippen LogP contribution in [0.2, 0.25) is 0 Å². The van der Waals surface area contributed by atoms with Crippen molar-refractivity contribution in [1.29, 1.82) is 0 Å². The molecule has 4 rings (SSSR count). The Kier molecular flexibility index (Phi) is 4.43. The van der Waals surface area contributed by atoms with Crippen molar-refractivity contribution in [3.8, 4) is 23.0 Å². The second-order valence-corrected chi connectivity index (χ2v) is 6.20. The van der Waals surface area contributed by atoms with Gasteiger partial charge in [-0.15, -0.1) is 0 Å². The monoisotopic (exact) mass is 356 g/mol. The highest BCUT2D eigenvalue weighted by atomic mass is 16.7. The van der Waals surface area contributed by atoms with Gasteiger partial charge in [-0.25, -0.2) is 4.79 Å². The van der Waals surface area contributed by atoms with Crippen molar-refractivity contribution in [2.45, 2.75) is 19.0 Å². The van der Waals surface area contributed by atoms with Gasteiger partial charge >= 0.3 is 6.03 Å². The van der Waals surface area contributed by atoms with Crippen molar-refractivity contribution in [2.75, 3.05) is 20.5 Å². The number of urea groups is 1. The van der Waals surface area contributed by atoms with Crippen LogP contribution >= 0.6 is 0 Å². The van der Waals surface area contributed by atoms with Gasteiger partial charge in [-0.3, -0.25) is 0 Å². The summed E-state index contributed by atoms with van der Waals surface area (Å²) in [6, 6.07) is 11.0. The normalized spacial score (nSPS) is 17.0. The fourth-order valence-electron chi connectivity index (χ4n) is 3.06. The van der Waals surface area contributed by atoms with Crippen LogP contribution in [-0.4, -0.2) is 32.6 Å².